The maximum atomic E-state index is 12.8. The zero-order chi connectivity index (χ0) is 19.1. The summed E-state index contributed by atoms with van der Waals surface area (Å²) < 4.78 is 10.4. The van der Waals surface area contributed by atoms with Gasteiger partial charge in [0.15, 0.2) is 0 Å². The number of nitrogens with zero attached hydrogens (tertiary/aromatic N) is 3. The standard InChI is InChI=1S/C20H27N3O3S/c1-25-14-13-23(18(24)12-7-15-5-3-4-6-15)20-22-21-19(27-20)16-8-10-17(26-2)11-9-16/h8-11,15H,3-7,12-14H2,1-2H3. The first-order valence-electron chi connectivity index (χ1n) is 9.48. The van der Waals surface area contributed by atoms with Crippen LogP contribution in [0.4, 0.5) is 5.13 Å². The van der Waals surface area contributed by atoms with Crippen LogP contribution in [0.2, 0.25) is 0 Å². The topological polar surface area (TPSA) is 64.5 Å². The first-order valence-corrected chi connectivity index (χ1v) is 10.3. The summed E-state index contributed by atoms with van der Waals surface area (Å²) in [6.07, 6.45) is 6.64. The number of ether oxygens (including phenoxy) is 2. The zero-order valence-corrected chi connectivity index (χ0v) is 16.8. The molecule has 146 valence electrons. The predicted molar refractivity (Wildman–Crippen MR) is 107 cm³/mol. The van der Waals surface area contributed by atoms with Gasteiger partial charge in [-0.2, -0.15) is 0 Å². The molecule has 0 saturated heterocycles. The van der Waals surface area contributed by atoms with Crippen molar-refractivity contribution in [3.8, 4) is 16.3 Å². The Morgan fingerprint density at radius 3 is 2.59 bits per heavy atom. The molecule has 0 N–H and O–H groups in total. The second-order valence-corrected chi connectivity index (χ2v) is 7.80. The number of benzene rings is 1. The van der Waals surface area contributed by atoms with Crippen molar-refractivity contribution in [1.82, 2.24) is 10.2 Å². The van der Waals surface area contributed by atoms with Crippen LogP contribution in [0.3, 0.4) is 0 Å². The van der Waals surface area contributed by atoms with Gasteiger partial charge >= 0.3 is 0 Å². The molecule has 1 saturated carbocycles. The Bertz CT molecular complexity index is 726. The molecule has 1 aromatic carbocycles. The molecule has 0 aliphatic heterocycles. The van der Waals surface area contributed by atoms with E-state index in [2.05, 4.69) is 10.2 Å². The van der Waals surface area contributed by atoms with Crippen LogP contribution in [0.5, 0.6) is 5.75 Å². The third-order valence-electron chi connectivity index (χ3n) is 5.04. The zero-order valence-electron chi connectivity index (χ0n) is 16.0. The molecule has 6 nitrogen and oxygen atoms in total. The van der Waals surface area contributed by atoms with Crippen molar-refractivity contribution in [2.45, 2.75) is 38.5 Å². The first-order chi connectivity index (χ1) is 13.2. The van der Waals surface area contributed by atoms with Crippen molar-refractivity contribution >= 4 is 22.4 Å². The van der Waals surface area contributed by atoms with E-state index >= 15 is 0 Å². The number of aromatic nitrogens is 2. The van der Waals surface area contributed by atoms with E-state index in [9.17, 15) is 4.79 Å². The molecule has 1 heterocycles. The lowest BCUT2D eigenvalue weighted by Gasteiger charge is -2.19. The fraction of sp³-hybridized carbons (Fsp3) is 0.550. The van der Waals surface area contributed by atoms with Crippen molar-refractivity contribution in [3.05, 3.63) is 24.3 Å². The summed E-state index contributed by atoms with van der Waals surface area (Å²) in [4.78, 5) is 14.6. The van der Waals surface area contributed by atoms with Gasteiger partial charge in [0.2, 0.25) is 11.0 Å². The summed E-state index contributed by atoms with van der Waals surface area (Å²) in [5, 5.41) is 9.98. The van der Waals surface area contributed by atoms with Gasteiger partial charge in [-0.25, -0.2) is 0 Å². The fourth-order valence-electron chi connectivity index (χ4n) is 3.45. The predicted octanol–water partition coefficient (Wildman–Crippen LogP) is 4.16. The van der Waals surface area contributed by atoms with E-state index in [1.54, 1.807) is 19.1 Å². The molecule has 1 fully saturated rings. The van der Waals surface area contributed by atoms with Gasteiger partial charge < -0.3 is 9.47 Å². The second kappa shape index (κ2) is 9.80. The smallest absolute Gasteiger partial charge is 0.228 e. The average Bonchev–Trinajstić information content (AvgIpc) is 3.39. The van der Waals surface area contributed by atoms with Gasteiger partial charge in [-0.3, -0.25) is 9.69 Å². The van der Waals surface area contributed by atoms with E-state index in [1.807, 2.05) is 24.3 Å². The molecule has 3 rings (SSSR count). The molecule has 1 aromatic heterocycles. The minimum absolute atomic E-state index is 0.108. The van der Waals surface area contributed by atoms with Crippen LogP contribution in [0.25, 0.3) is 10.6 Å². The van der Waals surface area contributed by atoms with Crippen molar-refractivity contribution in [1.29, 1.82) is 0 Å². The second-order valence-electron chi connectivity index (χ2n) is 6.85. The lowest BCUT2D eigenvalue weighted by molar-refractivity contribution is -0.119. The number of hydrogen-bond donors (Lipinski definition) is 0. The molecule has 1 aliphatic carbocycles. The number of methoxy groups -OCH3 is 2. The van der Waals surface area contributed by atoms with Crippen molar-refractivity contribution in [2.24, 2.45) is 5.92 Å². The molecule has 0 bridgehead atoms. The average molecular weight is 390 g/mol. The van der Waals surface area contributed by atoms with E-state index in [-0.39, 0.29) is 5.91 Å². The van der Waals surface area contributed by atoms with E-state index in [0.717, 1.165) is 22.7 Å². The van der Waals surface area contributed by atoms with Crippen molar-refractivity contribution in [2.75, 3.05) is 32.3 Å². The number of anilines is 1. The number of carbonyl (C=O) groups excluding carboxylic acids is 1. The van der Waals surface area contributed by atoms with E-state index in [4.69, 9.17) is 9.47 Å². The maximum Gasteiger partial charge on any atom is 0.228 e. The quantitative estimate of drug-likeness (QED) is 0.644. The Balaban J connectivity index is 1.69. The van der Waals surface area contributed by atoms with Crippen LogP contribution in [-0.2, 0) is 9.53 Å². The number of carbonyl (C=O) groups is 1. The molecule has 1 amide bonds. The van der Waals surface area contributed by atoms with Gasteiger partial charge in [0.1, 0.15) is 10.8 Å². The van der Waals surface area contributed by atoms with Gasteiger partial charge in [-0.1, -0.05) is 37.0 Å². The molecule has 1 aliphatic rings. The summed E-state index contributed by atoms with van der Waals surface area (Å²) in [5.74, 6) is 1.60. The molecule has 2 aromatic rings. The van der Waals surface area contributed by atoms with E-state index in [1.165, 1.54) is 37.0 Å². The minimum Gasteiger partial charge on any atom is -0.497 e. The summed E-state index contributed by atoms with van der Waals surface area (Å²) in [7, 11) is 3.28. The number of rotatable bonds is 9. The highest BCUT2D eigenvalue weighted by Gasteiger charge is 2.23. The van der Waals surface area contributed by atoms with Crippen LogP contribution in [0, 0.1) is 5.92 Å². The maximum absolute atomic E-state index is 12.8. The largest absolute Gasteiger partial charge is 0.497 e. The van der Waals surface area contributed by atoms with Gasteiger partial charge in [0, 0.05) is 19.1 Å². The molecule has 0 radical (unpaired) electrons. The number of amides is 1. The lowest BCUT2D eigenvalue weighted by atomic mass is 10.0. The molecule has 7 heteroatoms. The minimum atomic E-state index is 0.108. The molecule has 0 unspecified atom stereocenters. The molecule has 0 spiro atoms. The van der Waals surface area contributed by atoms with E-state index < -0.39 is 0 Å². The summed E-state index contributed by atoms with van der Waals surface area (Å²) in [6.45, 7) is 0.976. The highest BCUT2D eigenvalue weighted by Crippen LogP contribution is 2.32. The van der Waals surface area contributed by atoms with E-state index in [0.29, 0.717) is 30.6 Å². The molecule has 0 atom stereocenters. The molecular formula is C20H27N3O3S. The Hall–Kier alpha value is -1.99. The van der Waals surface area contributed by atoms with Gasteiger partial charge in [0.25, 0.3) is 0 Å². The summed E-state index contributed by atoms with van der Waals surface area (Å²) >= 11 is 1.43. The summed E-state index contributed by atoms with van der Waals surface area (Å²) in [5.41, 5.74) is 0.963. The van der Waals surface area contributed by atoms with Crippen LogP contribution >= 0.6 is 11.3 Å². The van der Waals surface area contributed by atoms with Crippen LogP contribution in [-0.4, -0.2) is 43.5 Å². The van der Waals surface area contributed by atoms with Crippen molar-refractivity contribution < 1.29 is 14.3 Å². The van der Waals surface area contributed by atoms with Gasteiger partial charge in [-0.05, 0) is 36.6 Å². The molecular weight excluding hydrogens is 362 g/mol. The van der Waals surface area contributed by atoms with Crippen LogP contribution < -0.4 is 9.64 Å². The Morgan fingerprint density at radius 1 is 1.19 bits per heavy atom. The summed E-state index contributed by atoms with van der Waals surface area (Å²) in [6, 6.07) is 7.69. The SMILES string of the molecule is COCCN(C(=O)CCC1CCCC1)c1nnc(-c2ccc(OC)cc2)s1. The molecule has 27 heavy (non-hydrogen) atoms. The highest BCUT2D eigenvalue weighted by atomic mass is 32.1. The Kier molecular flexibility index (Phi) is 7.18. The monoisotopic (exact) mass is 389 g/mol. The first kappa shape index (κ1) is 19.8. The lowest BCUT2D eigenvalue weighted by Crippen LogP contribution is -2.34. The highest BCUT2D eigenvalue weighted by molar-refractivity contribution is 7.18. The van der Waals surface area contributed by atoms with Crippen molar-refractivity contribution in [3.63, 3.8) is 0 Å². The Labute approximate surface area is 164 Å². The van der Waals surface area contributed by atoms with Crippen LogP contribution in [0.15, 0.2) is 24.3 Å². The van der Waals surface area contributed by atoms with Gasteiger partial charge in [0.05, 0.1) is 20.3 Å². The normalized spacial score (nSPS) is 14.4. The number of hydrogen-bond acceptors (Lipinski definition) is 6. The van der Waals surface area contributed by atoms with Gasteiger partial charge in [-0.15, -0.1) is 10.2 Å². The third kappa shape index (κ3) is 5.26. The van der Waals surface area contributed by atoms with Crippen LogP contribution in [0.1, 0.15) is 38.5 Å². The Morgan fingerprint density at radius 2 is 1.93 bits per heavy atom. The third-order valence-corrected chi connectivity index (χ3v) is 6.04. The fourth-order valence-corrected chi connectivity index (χ4v) is 4.34.